The average molecular weight is 160 g/mol. The van der Waals surface area contributed by atoms with Crippen LogP contribution in [0.4, 0.5) is 0 Å². The number of amides is 1. The molecule has 1 amide bonds. The smallest absolute Gasteiger partial charge is 0.232 e. The van der Waals surface area contributed by atoms with Gasteiger partial charge in [-0.2, -0.15) is 12.6 Å². The van der Waals surface area contributed by atoms with E-state index < -0.39 is 0 Å². The number of hydrogen-bond acceptors (Lipinski definition) is 3. The minimum atomic E-state index is 0.134. The molecule has 1 aliphatic rings. The Kier molecular flexibility index (Phi) is 2.56. The largest absolute Gasteiger partial charge is 0.339 e. The Balaban J connectivity index is 2.19. The molecule has 1 heterocycles. The minimum Gasteiger partial charge on any atom is -0.339 e. The van der Waals surface area contributed by atoms with E-state index in [1.165, 1.54) is 0 Å². The van der Waals surface area contributed by atoms with Crippen LogP contribution in [0.15, 0.2) is 0 Å². The molecule has 3 nitrogen and oxygen atoms in total. The molecule has 1 rings (SSSR count). The lowest BCUT2D eigenvalue weighted by Gasteiger charge is -2.38. The van der Waals surface area contributed by atoms with Crippen LogP contribution < -0.4 is 5.32 Å². The third-order valence-corrected chi connectivity index (χ3v) is 2.05. The minimum absolute atomic E-state index is 0.134. The second-order valence-electron chi connectivity index (χ2n) is 2.44. The van der Waals surface area contributed by atoms with Crippen LogP contribution in [0.1, 0.15) is 0 Å². The summed E-state index contributed by atoms with van der Waals surface area (Å²) in [5, 5.41) is 3.09. The van der Waals surface area contributed by atoms with Gasteiger partial charge >= 0.3 is 0 Å². The highest BCUT2D eigenvalue weighted by Crippen LogP contribution is 2.07. The Morgan fingerprint density at radius 3 is 2.80 bits per heavy atom. The fraction of sp³-hybridized carbons (Fsp3) is 0.833. The maximum absolute atomic E-state index is 10.9. The molecule has 1 fully saturated rings. The zero-order valence-electron chi connectivity index (χ0n) is 6.00. The van der Waals surface area contributed by atoms with Gasteiger partial charge in [0.1, 0.15) is 0 Å². The van der Waals surface area contributed by atoms with Gasteiger partial charge in [-0.15, -0.1) is 0 Å². The van der Waals surface area contributed by atoms with Crippen molar-refractivity contribution in [1.29, 1.82) is 0 Å². The summed E-state index contributed by atoms with van der Waals surface area (Å²) in [5.41, 5.74) is 0. The van der Waals surface area contributed by atoms with Gasteiger partial charge in [-0.25, -0.2) is 0 Å². The SMILES string of the molecule is CNC1CN(C(=O)CS)C1. The third-order valence-electron chi connectivity index (χ3n) is 1.78. The van der Waals surface area contributed by atoms with Gasteiger partial charge in [-0.05, 0) is 7.05 Å². The molecule has 0 atom stereocenters. The van der Waals surface area contributed by atoms with E-state index in [2.05, 4.69) is 17.9 Å². The van der Waals surface area contributed by atoms with Crippen molar-refractivity contribution in [1.82, 2.24) is 10.2 Å². The zero-order valence-corrected chi connectivity index (χ0v) is 6.90. The molecule has 0 aromatic rings. The molecular formula is C6H12N2OS. The van der Waals surface area contributed by atoms with Gasteiger partial charge < -0.3 is 10.2 Å². The Morgan fingerprint density at radius 1 is 1.80 bits per heavy atom. The van der Waals surface area contributed by atoms with Crippen molar-refractivity contribution in [3.8, 4) is 0 Å². The quantitative estimate of drug-likeness (QED) is 0.526. The predicted octanol–water partition coefficient (Wildman–Crippen LogP) is -0.654. The molecular weight excluding hydrogens is 148 g/mol. The molecule has 58 valence electrons. The van der Waals surface area contributed by atoms with E-state index in [4.69, 9.17) is 0 Å². The molecule has 4 heteroatoms. The molecule has 0 radical (unpaired) electrons. The van der Waals surface area contributed by atoms with Crippen LogP contribution in [-0.4, -0.2) is 42.7 Å². The number of likely N-dealkylation sites (tertiary alicyclic amines) is 1. The molecule has 0 aromatic heterocycles. The first kappa shape index (κ1) is 7.88. The number of thiol groups is 1. The lowest BCUT2D eigenvalue weighted by molar-refractivity contribution is -0.132. The summed E-state index contributed by atoms with van der Waals surface area (Å²) < 4.78 is 0. The van der Waals surface area contributed by atoms with Crippen molar-refractivity contribution in [3.63, 3.8) is 0 Å². The number of rotatable bonds is 2. The number of carbonyl (C=O) groups excluding carboxylic acids is 1. The normalized spacial score (nSPS) is 18.8. The van der Waals surface area contributed by atoms with Crippen molar-refractivity contribution >= 4 is 18.5 Å². The van der Waals surface area contributed by atoms with Gasteiger partial charge in [0, 0.05) is 19.1 Å². The number of likely N-dealkylation sites (N-methyl/N-ethyl adjacent to an activating group) is 1. The molecule has 1 saturated heterocycles. The molecule has 10 heavy (non-hydrogen) atoms. The van der Waals surface area contributed by atoms with E-state index in [0.717, 1.165) is 13.1 Å². The van der Waals surface area contributed by atoms with E-state index in [9.17, 15) is 4.79 Å². The van der Waals surface area contributed by atoms with Crippen LogP contribution in [0.25, 0.3) is 0 Å². The van der Waals surface area contributed by atoms with E-state index in [1.54, 1.807) is 4.90 Å². The summed E-state index contributed by atoms with van der Waals surface area (Å²) in [6.07, 6.45) is 0. The summed E-state index contributed by atoms with van der Waals surface area (Å²) in [6, 6.07) is 0.504. The Bertz CT molecular complexity index is 134. The van der Waals surface area contributed by atoms with Gasteiger partial charge in [0.25, 0.3) is 0 Å². The third kappa shape index (κ3) is 1.44. The second-order valence-corrected chi connectivity index (χ2v) is 2.76. The highest BCUT2D eigenvalue weighted by Gasteiger charge is 2.27. The number of hydrogen-bond donors (Lipinski definition) is 2. The molecule has 0 aliphatic carbocycles. The van der Waals surface area contributed by atoms with E-state index in [-0.39, 0.29) is 5.91 Å². The molecule has 0 aromatic carbocycles. The Morgan fingerprint density at radius 2 is 2.40 bits per heavy atom. The Hall–Kier alpha value is -0.220. The van der Waals surface area contributed by atoms with Crippen LogP contribution >= 0.6 is 12.6 Å². The summed E-state index contributed by atoms with van der Waals surface area (Å²) in [4.78, 5) is 12.7. The molecule has 0 spiro atoms. The topological polar surface area (TPSA) is 32.3 Å². The van der Waals surface area contributed by atoms with Gasteiger partial charge in [-0.3, -0.25) is 4.79 Å². The Labute approximate surface area is 66.2 Å². The second kappa shape index (κ2) is 3.25. The maximum Gasteiger partial charge on any atom is 0.232 e. The lowest BCUT2D eigenvalue weighted by Crippen LogP contribution is -2.59. The van der Waals surface area contributed by atoms with Crippen LogP contribution in [-0.2, 0) is 4.79 Å². The van der Waals surface area contributed by atoms with Crippen LogP contribution in [0.3, 0.4) is 0 Å². The molecule has 0 saturated carbocycles. The monoisotopic (exact) mass is 160 g/mol. The highest BCUT2D eigenvalue weighted by molar-refractivity contribution is 7.81. The summed E-state index contributed by atoms with van der Waals surface area (Å²) in [5.74, 6) is 0.464. The fourth-order valence-corrected chi connectivity index (χ4v) is 1.16. The van der Waals surface area contributed by atoms with Crippen molar-refractivity contribution in [2.75, 3.05) is 25.9 Å². The zero-order chi connectivity index (χ0) is 7.56. The summed E-state index contributed by atoms with van der Waals surface area (Å²) in [7, 11) is 1.91. The standard InChI is InChI=1S/C6H12N2OS/c1-7-5-2-8(3-5)6(9)4-10/h5,7,10H,2-4H2,1H3. The first-order valence-corrected chi connectivity index (χ1v) is 3.97. The van der Waals surface area contributed by atoms with E-state index in [1.807, 2.05) is 7.05 Å². The predicted molar refractivity (Wildman–Crippen MR) is 43.3 cm³/mol. The highest BCUT2D eigenvalue weighted by atomic mass is 32.1. The van der Waals surface area contributed by atoms with Crippen LogP contribution in [0, 0.1) is 0 Å². The first-order valence-electron chi connectivity index (χ1n) is 3.34. The summed E-state index contributed by atoms with van der Waals surface area (Å²) in [6.45, 7) is 1.69. The number of carbonyl (C=O) groups is 1. The summed E-state index contributed by atoms with van der Waals surface area (Å²) >= 11 is 3.89. The van der Waals surface area contributed by atoms with Crippen molar-refractivity contribution in [3.05, 3.63) is 0 Å². The van der Waals surface area contributed by atoms with Crippen molar-refractivity contribution in [2.24, 2.45) is 0 Å². The molecule has 0 unspecified atom stereocenters. The van der Waals surface area contributed by atoms with Gasteiger partial charge in [-0.1, -0.05) is 0 Å². The van der Waals surface area contributed by atoms with Crippen molar-refractivity contribution < 1.29 is 4.79 Å². The maximum atomic E-state index is 10.9. The van der Waals surface area contributed by atoms with Gasteiger partial charge in [0.05, 0.1) is 5.75 Å². The fourth-order valence-electron chi connectivity index (χ4n) is 0.965. The van der Waals surface area contributed by atoms with Crippen LogP contribution in [0.2, 0.25) is 0 Å². The number of nitrogens with one attached hydrogen (secondary N) is 1. The molecule has 1 N–H and O–H groups in total. The van der Waals surface area contributed by atoms with Crippen molar-refractivity contribution in [2.45, 2.75) is 6.04 Å². The van der Waals surface area contributed by atoms with Crippen LogP contribution in [0.5, 0.6) is 0 Å². The first-order chi connectivity index (χ1) is 4.77. The lowest BCUT2D eigenvalue weighted by atomic mass is 10.1. The number of nitrogens with zero attached hydrogens (tertiary/aromatic N) is 1. The van der Waals surface area contributed by atoms with E-state index >= 15 is 0 Å². The van der Waals surface area contributed by atoms with Gasteiger partial charge in [0.2, 0.25) is 5.91 Å². The average Bonchev–Trinajstić information content (AvgIpc) is 1.85. The van der Waals surface area contributed by atoms with Gasteiger partial charge in [0.15, 0.2) is 0 Å². The molecule has 0 bridgehead atoms. The van der Waals surface area contributed by atoms with E-state index in [0.29, 0.717) is 11.8 Å². The molecule has 1 aliphatic heterocycles.